The Morgan fingerprint density at radius 3 is 2.86 bits per heavy atom. The minimum atomic E-state index is 0.286. The fourth-order valence-corrected chi connectivity index (χ4v) is 1.11. The van der Waals surface area contributed by atoms with Gasteiger partial charge in [-0.1, -0.05) is 29.3 Å². The predicted molar refractivity (Wildman–Crippen MR) is 60.5 cm³/mol. The van der Waals surface area contributed by atoms with Crippen LogP contribution in [0.15, 0.2) is 28.9 Å². The molecule has 14 heavy (non-hydrogen) atoms. The van der Waals surface area contributed by atoms with Crippen molar-refractivity contribution in [3.63, 3.8) is 0 Å². The molecule has 0 amide bonds. The topological polar surface area (TPSA) is 24.9 Å². The Morgan fingerprint density at radius 2 is 2.29 bits per heavy atom. The molecule has 0 atom stereocenters. The SMILES string of the molecule is Cc1ccc(CNCC=C(Cl)Cl)nc1. The van der Waals surface area contributed by atoms with E-state index in [4.69, 9.17) is 23.2 Å². The van der Waals surface area contributed by atoms with Gasteiger partial charge in [0.05, 0.1) is 5.69 Å². The average molecular weight is 231 g/mol. The number of nitrogens with one attached hydrogen (secondary N) is 1. The highest BCUT2D eigenvalue weighted by molar-refractivity contribution is 6.55. The third kappa shape index (κ3) is 4.61. The van der Waals surface area contributed by atoms with Crippen molar-refractivity contribution in [2.75, 3.05) is 6.54 Å². The molecule has 0 spiro atoms. The van der Waals surface area contributed by atoms with Crippen LogP contribution in [0.1, 0.15) is 11.3 Å². The lowest BCUT2D eigenvalue weighted by Gasteiger charge is -2.01. The number of rotatable bonds is 4. The van der Waals surface area contributed by atoms with Gasteiger partial charge in [0.15, 0.2) is 0 Å². The van der Waals surface area contributed by atoms with E-state index in [1.54, 1.807) is 6.08 Å². The van der Waals surface area contributed by atoms with Crippen molar-refractivity contribution < 1.29 is 0 Å². The second-order valence-corrected chi connectivity index (χ2v) is 3.96. The van der Waals surface area contributed by atoms with Gasteiger partial charge in [0.25, 0.3) is 0 Å². The molecule has 0 saturated carbocycles. The maximum atomic E-state index is 5.45. The zero-order valence-corrected chi connectivity index (χ0v) is 9.44. The number of halogens is 2. The summed E-state index contributed by atoms with van der Waals surface area (Å²) in [5.41, 5.74) is 2.17. The zero-order chi connectivity index (χ0) is 10.4. The number of hydrogen-bond donors (Lipinski definition) is 1. The summed E-state index contributed by atoms with van der Waals surface area (Å²) in [5, 5.41) is 3.14. The Morgan fingerprint density at radius 1 is 1.50 bits per heavy atom. The molecule has 2 nitrogen and oxygen atoms in total. The van der Waals surface area contributed by atoms with Gasteiger partial charge in [-0.3, -0.25) is 4.98 Å². The van der Waals surface area contributed by atoms with E-state index < -0.39 is 0 Å². The van der Waals surface area contributed by atoms with Crippen LogP contribution in [-0.4, -0.2) is 11.5 Å². The van der Waals surface area contributed by atoms with E-state index in [9.17, 15) is 0 Å². The largest absolute Gasteiger partial charge is 0.308 e. The van der Waals surface area contributed by atoms with Crippen molar-refractivity contribution in [3.8, 4) is 0 Å². The molecule has 0 fully saturated rings. The lowest BCUT2D eigenvalue weighted by Crippen LogP contribution is -2.13. The Balaban J connectivity index is 2.32. The van der Waals surface area contributed by atoms with Gasteiger partial charge >= 0.3 is 0 Å². The van der Waals surface area contributed by atoms with E-state index in [1.165, 1.54) is 0 Å². The standard InChI is InChI=1S/C10H12Cl2N2/c1-8-2-3-9(14-6-8)7-13-5-4-10(11)12/h2-4,6,13H,5,7H2,1H3. The lowest BCUT2D eigenvalue weighted by molar-refractivity contribution is 0.739. The molecule has 0 saturated heterocycles. The van der Waals surface area contributed by atoms with Crippen molar-refractivity contribution in [1.29, 1.82) is 0 Å². The highest BCUT2D eigenvalue weighted by Crippen LogP contribution is 2.04. The summed E-state index contributed by atoms with van der Waals surface area (Å²) in [6.07, 6.45) is 3.55. The summed E-state index contributed by atoms with van der Waals surface area (Å²) in [6.45, 7) is 3.38. The first kappa shape index (κ1) is 11.5. The van der Waals surface area contributed by atoms with Gasteiger partial charge < -0.3 is 5.32 Å². The summed E-state index contributed by atoms with van der Waals surface area (Å²) < 4.78 is 0.286. The van der Waals surface area contributed by atoms with Crippen molar-refractivity contribution in [2.45, 2.75) is 13.5 Å². The van der Waals surface area contributed by atoms with Gasteiger partial charge in [-0.2, -0.15) is 0 Å². The maximum Gasteiger partial charge on any atom is 0.104 e. The molecule has 0 aliphatic heterocycles. The molecule has 0 unspecified atom stereocenters. The minimum Gasteiger partial charge on any atom is -0.308 e. The molecule has 0 bridgehead atoms. The third-order valence-corrected chi connectivity index (χ3v) is 1.99. The Bertz CT molecular complexity index is 302. The van der Waals surface area contributed by atoms with Crippen LogP contribution in [0, 0.1) is 6.92 Å². The summed E-state index contributed by atoms with van der Waals surface area (Å²) in [4.78, 5) is 4.25. The predicted octanol–water partition coefficient (Wildman–Crippen LogP) is 2.80. The van der Waals surface area contributed by atoms with E-state index in [0.717, 1.165) is 17.8 Å². The molecule has 1 rings (SSSR count). The van der Waals surface area contributed by atoms with Crippen molar-refractivity contribution in [3.05, 3.63) is 40.2 Å². The van der Waals surface area contributed by atoms with E-state index in [1.807, 2.05) is 25.3 Å². The number of aryl methyl sites for hydroxylation is 1. The van der Waals surface area contributed by atoms with Crippen LogP contribution in [-0.2, 0) is 6.54 Å². The first-order valence-corrected chi connectivity index (χ1v) is 5.07. The number of aromatic nitrogens is 1. The van der Waals surface area contributed by atoms with E-state index in [0.29, 0.717) is 6.54 Å². The molecule has 0 aliphatic carbocycles. The normalized spacial score (nSPS) is 9.93. The fourth-order valence-electron chi connectivity index (χ4n) is 0.953. The monoisotopic (exact) mass is 230 g/mol. The van der Waals surface area contributed by atoms with Crippen LogP contribution in [0.3, 0.4) is 0 Å². The van der Waals surface area contributed by atoms with Gasteiger partial charge in [-0.15, -0.1) is 0 Å². The fraction of sp³-hybridized carbons (Fsp3) is 0.300. The quantitative estimate of drug-likeness (QED) is 0.806. The van der Waals surface area contributed by atoms with Gasteiger partial charge in [0.1, 0.15) is 4.49 Å². The van der Waals surface area contributed by atoms with Crippen LogP contribution < -0.4 is 5.32 Å². The van der Waals surface area contributed by atoms with Crippen LogP contribution >= 0.6 is 23.2 Å². The molecule has 1 heterocycles. The molecule has 0 radical (unpaired) electrons. The molecule has 0 aromatic carbocycles. The van der Waals surface area contributed by atoms with Crippen LogP contribution in [0.5, 0.6) is 0 Å². The molecular formula is C10H12Cl2N2. The molecule has 1 N–H and O–H groups in total. The molecule has 0 aliphatic rings. The van der Waals surface area contributed by atoms with Gasteiger partial charge in [-0.05, 0) is 24.6 Å². The van der Waals surface area contributed by atoms with Crippen LogP contribution in [0.25, 0.3) is 0 Å². The Labute approximate surface area is 93.9 Å². The molecular weight excluding hydrogens is 219 g/mol. The van der Waals surface area contributed by atoms with E-state index in [-0.39, 0.29) is 4.49 Å². The van der Waals surface area contributed by atoms with Crippen molar-refractivity contribution in [2.24, 2.45) is 0 Å². The zero-order valence-electron chi connectivity index (χ0n) is 7.93. The van der Waals surface area contributed by atoms with E-state index in [2.05, 4.69) is 10.3 Å². The highest BCUT2D eigenvalue weighted by Gasteiger charge is 1.92. The second-order valence-electron chi connectivity index (χ2n) is 2.95. The molecule has 1 aromatic heterocycles. The summed E-state index contributed by atoms with van der Waals surface area (Å²) >= 11 is 10.9. The first-order chi connectivity index (χ1) is 6.68. The highest BCUT2D eigenvalue weighted by atomic mass is 35.5. The van der Waals surface area contributed by atoms with Crippen molar-refractivity contribution >= 4 is 23.2 Å². The van der Waals surface area contributed by atoms with Crippen molar-refractivity contribution in [1.82, 2.24) is 10.3 Å². The smallest absolute Gasteiger partial charge is 0.104 e. The lowest BCUT2D eigenvalue weighted by atomic mass is 10.3. The van der Waals surface area contributed by atoms with E-state index >= 15 is 0 Å². The number of hydrogen-bond acceptors (Lipinski definition) is 2. The van der Waals surface area contributed by atoms with Gasteiger partial charge in [0.2, 0.25) is 0 Å². The van der Waals surface area contributed by atoms with Gasteiger partial charge in [0, 0.05) is 19.3 Å². The summed E-state index contributed by atoms with van der Waals surface area (Å²) in [5.74, 6) is 0. The second kappa shape index (κ2) is 6.02. The molecule has 1 aromatic rings. The number of nitrogens with zero attached hydrogens (tertiary/aromatic N) is 1. The average Bonchev–Trinajstić information content (AvgIpc) is 2.15. The molecule has 4 heteroatoms. The summed E-state index contributed by atoms with van der Waals surface area (Å²) in [6, 6.07) is 4.03. The molecule has 76 valence electrons. The van der Waals surface area contributed by atoms with Gasteiger partial charge in [-0.25, -0.2) is 0 Å². The Kier molecular flexibility index (Phi) is 4.94. The number of pyridine rings is 1. The Hall–Kier alpha value is -0.570. The summed E-state index contributed by atoms with van der Waals surface area (Å²) in [7, 11) is 0. The van der Waals surface area contributed by atoms with Crippen LogP contribution in [0.4, 0.5) is 0 Å². The first-order valence-electron chi connectivity index (χ1n) is 4.32. The third-order valence-electron chi connectivity index (χ3n) is 1.68. The maximum absolute atomic E-state index is 5.45. The minimum absolute atomic E-state index is 0.286. The van der Waals surface area contributed by atoms with Crippen LogP contribution in [0.2, 0.25) is 0 Å².